The molecule has 4 aromatic rings. The van der Waals surface area contributed by atoms with Crippen molar-refractivity contribution >= 4 is 43.9 Å². The number of hydrogen-bond donors (Lipinski definition) is 1. The second-order valence-corrected chi connectivity index (χ2v) is 10.2. The fourth-order valence-corrected chi connectivity index (χ4v) is 5.72. The van der Waals surface area contributed by atoms with Gasteiger partial charge in [0.05, 0.1) is 17.4 Å². The van der Waals surface area contributed by atoms with E-state index in [-0.39, 0.29) is 31.2 Å². The zero-order valence-electron chi connectivity index (χ0n) is 18.4. The van der Waals surface area contributed by atoms with Crippen molar-refractivity contribution < 1.29 is 14.3 Å². The van der Waals surface area contributed by atoms with E-state index < -0.39 is 0 Å². The number of nitrogens with one attached hydrogen (secondary N) is 1. The number of rotatable bonds is 6. The largest absolute Gasteiger partial charge is 0.454 e. The van der Waals surface area contributed by atoms with E-state index in [0.717, 1.165) is 42.9 Å². The van der Waals surface area contributed by atoms with Gasteiger partial charge in [-0.1, -0.05) is 6.07 Å². The Morgan fingerprint density at radius 2 is 2.00 bits per heavy atom. The second-order valence-electron chi connectivity index (χ2n) is 7.90. The van der Waals surface area contributed by atoms with Crippen LogP contribution in [0.15, 0.2) is 29.3 Å². The van der Waals surface area contributed by atoms with Crippen LogP contribution in [0.25, 0.3) is 10.2 Å². The Morgan fingerprint density at radius 1 is 1.18 bits per heavy atom. The molecule has 1 amide bonds. The number of hydrogen-bond acceptors (Lipinski definition) is 8. The maximum Gasteiger partial charge on any atom is 0.262 e. The van der Waals surface area contributed by atoms with Gasteiger partial charge in [-0.2, -0.15) is 0 Å². The second kappa shape index (κ2) is 8.60. The molecular formula is C23H22N4O4S2. The minimum absolute atomic E-state index is 0.106. The molecule has 3 aromatic heterocycles. The van der Waals surface area contributed by atoms with Crippen molar-refractivity contribution in [1.29, 1.82) is 0 Å². The number of thiazole rings is 1. The standard InChI is InChI=1S/C23H22N4O4S2/c1-12-14(3)32-21-20(12)22(29)27(10-24-21)7-6-19(28)26-23-25-13(2)18(33-23)9-15-4-5-16-17(8-15)31-11-30-16/h4-5,8,10H,6-7,9,11H2,1-3H3,(H,25,26,28). The van der Waals surface area contributed by atoms with E-state index in [2.05, 4.69) is 15.3 Å². The van der Waals surface area contributed by atoms with Gasteiger partial charge in [0.2, 0.25) is 12.7 Å². The van der Waals surface area contributed by atoms with Gasteiger partial charge in [0, 0.05) is 29.1 Å². The van der Waals surface area contributed by atoms with E-state index in [1.807, 2.05) is 39.0 Å². The Hall–Kier alpha value is -3.24. The zero-order chi connectivity index (χ0) is 23.1. The number of anilines is 1. The molecule has 1 aromatic carbocycles. The summed E-state index contributed by atoms with van der Waals surface area (Å²) in [6.45, 7) is 6.35. The SMILES string of the molecule is Cc1nc(NC(=O)CCn2cnc3sc(C)c(C)c3c2=O)sc1Cc1ccc2c(c1)OCO2. The molecule has 170 valence electrons. The van der Waals surface area contributed by atoms with Crippen LogP contribution in [-0.2, 0) is 17.8 Å². The molecular weight excluding hydrogens is 460 g/mol. The number of fused-ring (bicyclic) bond motifs is 2. The van der Waals surface area contributed by atoms with Gasteiger partial charge in [-0.3, -0.25) is 14.2 Å². The highest BCUT2D eigenvalue weighted by atomic mass is 32.1. The minimum atomic E-state index is -0.191. The summed E-state index contributed by atoms with van der Waals surface area (Å²) < 4.78 is 12.3. The van der Waals surface area contributed by atoms with Gasteiger partial charge in [0.15, 0.2) is 16.6 Å². The highest BCUT2D eigenvalue weighted by molar-refractivity contribution is 7.18. The van der Waals surface area contributed by atoms with E-state index in [0.29, 0.717) is 16.9 Å². The first-order valence-electron chi connectivity index (χ1n) is 10.5. The van der Waals surface area contributed by atoms with Crippen LogP contribution in [0.2, 0.25) is 0 Å². The fraction of sp³-hybridized carbons (Fsp3) is 0.304. The summed E-state index contributed by atoms with van der Waals surface area (Å²) in [5, 5.41) is 4.06. The molecule has 0 aliphatic carbocycles. The van der Waals surface area contributed by atoms with Gasteiger partial charge < -0.3 is 14.8 Å². The average Bonchev–Trinajstić information content (AvgIpc) is 3.46. The summed E-state index contributed by atoms with van der Waals surface area (Å²) in [6, 6.07) is 5.88. The molecule has 33 heavy (non-hydrogen) atoms. The van der Waals surface area contributed by atoms with E-state index >= 15 is 0 Å². The summed E-state index contributed by atoms with van der Waals surface area (Å²) in [5.74, 6) is 1.31. The Morgan fingerprint density at radius 3 is 2.85 bits per heavy atom. The van der Waals surface area contributed by atoms with Gasteiger partial charge >= 0.3 is 0 Å². The van der Waals surface area contributed by atoms with Crippen molar-refractivity contribution in [2.24, 2.45) is 0 Å². The summed E-state index contributed by atoms with van der Waals surface area (Å²) in [4.78, 5) is 37.1. The van der Waals surface area contributed by atoms with Crippen molar-refractivity contribution in [1.82, 2.24) is 14.5 Å². The lowest BCUT2D eigenvalue weighted by Gasteiger charge is -2.05. The summed E-state index contributed by atoms with van der Waals surface area (Å²) in [7, 11) is 0. The number of aryl methyl sites for hydroxylation is 4. The average molecular weight is 483 g/mol. The van der Waals surface area contributed by atoms with E-state index in [1.54, 1.807) is 0 Å². The Labute approximate surface area is 197 Å². The highest BCUT2D eigenvalue weighted by Gasteiger charge is 2.16. The Balaban J connectivity index is 1.24. The molecule has 0 saturated carbocycles. The zero-order valence-corrected chi connectivity index (χ0v) is 20.1. The maximum absolute atomic E-state index is 12.8. The van der Waals surface area contributed by atoms with Crippen molar-refractivity contribution in [3.8, 4) is 11.5 Å². The molecule has 4 heterocycles. The van der Waals surface area contributed by atoms with Crippen LogP contribution >= 0.6 is 22.7 Å². The van der Waals surface area contributed by atoms with Crippen LogP contribution in [0.1, 0.15) is 33.0 Å². The van der Waals surface area contributed by atoms with Crippen molar-refractivity contribution in [3.05, 3.63) is 61.5 Å². The Bertz CT molecular complexity index is 1440. The molecule has 0 fully saturated rings. The molecule has 0 bridgehead atoms. The summed E-state index contributed by atoms with van der Waals surface area (Å²) in [6.07, 6.45) is 2.37. The lowest BCUT2D eigenvalue weighted by molar-refractivity contribution is -0.116. The molecule has 1 N–H and O–H groups in total. The topological polar surface area (TPSA) is 95.3 Å². The molecule has 0 atom stereocenters. The van der Waals surface area contributed by atoms with E-state index in [9.17, 15) is 9.59 Å². The summed E-state index contributed by atoms with van der Waals surface area (Å²) in [5.41, 5.74) is 2.82. The van der Waals surface area contributed by atoms with Crippen LogP contribution in [0, 0.1) is 20.8 Å². The maximum atomic E-state index is 12.8. The van der Waals surface area contributed by atoms with Crippen LogP contribution < -0.4 is 20.3 Å². The Kier molecular flexibility index (Phi) is 5.63. The molecule has 1 aliphatic heterocycles. The monoisotopic (exact) mass is 482 g/mol. The number of thiophene rings is 1. The van der Waals surface area contributed by atoms with Crippen molar-refractivity contribution in [2.75, 3.05) is 12.1 Å². The van der Waals surface area contributed by atoms with E-state index in [4.69, 9.17) is 9.47 Å². The first-order chi connectivity index (χ1) is 15.9. The number of amides is 1. The predicted octanol–water partition coefficient (Wildman–Crippen LogP) is 4.19. The normalized spacial score (nSPS) is 12.5. The lowest BCUT2D eigenvalue weighted by atomic mass is 10.1. The van der Waals surface area contributed by atoms with Gasteiger partial charge in [-0.15, -0.1) is 22.7 Å². The highest BCUT2D eigenvalue weighted by Crippen LogP contribution is 2.34. The van der Waals surface area contributed by atoms with Crippen LogP contribution in [0.4, 0.5) is 5.13 Å². The smallest absolute Gasteiger partial charge is 0.262 e. The first-order valence-corrected chi connectivity index (χ1v) is 12.1. The molecule has 1 aliphatic rings. The third-order valence-corrected chi connectivity index (χ3v) is 7.86. The first kappa shape index (κ1) is 21.6. The van der Waals surface area contributed by atoms with Gasteiger partial charge in [0.25, 0.3) is 5.56 Å². The van der Waals surface area contributed by atoms with Gasteiger partial charge in [-0.25, -0.2) is 9.97 Å². The van der Waals surface area contributed by atoms with Gasteiger partial charge in [-0.05, 0) is 44.0 Å². The molecule has 10 heteroatoms. The molecule has 0 spiro atoms. The fourth-order valence-electron chi connectivity index (χ4n) is 3.71. The molecule has 0 saturated heterocycles. The minimum Gasteiger partial charge on any atom is -0.454 e. The number of benzene rings is 1. The number of aromatic nitrogens is 3. The molecule has 0 radical (unpaired) electrons. The molecule has 5 rings (SSSR count). The van der Waals surface area contributed by atoms with E-state index in [1.165, 1.54) is 33.6 Å². The summed E-state index contributed by atoms with van der Waals surface area (Å²) >= 11 is 2.97. The predicted molar refractivity (Wildman–Crippen MR) is 129 cm³/mol. The molecule has 0 unspecified atom stereocenters. The van der Waals surface area contributed by atoms with Crippen LogP contribution in [0.5, 0.6) is 11.5 Å². The van der Waals surface area contributed by atoms with Crippen molar-refractivity contribution in [2.45, 2.75) is 40.2 Å². The third kappa shape index (κ3) is 4.23. The number of ether oxygens (including phenoxy) is 2. The number of carbonyl (C=O) groups is 1. The number of nitrogens with zero attached hydrogens (tertiary/aromatic N) is 3. The van der Waals surface area contributed by atoms with Crippen LogP contribution in [-0.4, -0.2) is 27.2 Å². The quantitative estimate of drug-likeness (QED) is 0.443. The lowest BCUT2D eigenvalue weighted by Crippen LogP contribution is -2.23. The van der Waals surface area contributed by atoms with Crippen molar-refractivity contribution in [3.63, 3.8) is 0 Å². The number of carbonyl (C=O) groups excluding carboxylic acids is 1. The van der Waals surface area contributed by atoms with Crippen LogP contribution in [0.3, 0.4) is 0 Å². The van der Waals surface area contributed by atoms with Gasteiger partial charge in [0.1, 0.15) is 4.83 Å². The third-order valence-electron chi connectivity index (χ3n) is 5.68. The molecule has 8 nitrogen and oxygen atoms in total.